The molecule has 276 valence electrons. The van der Waals surface area contributed by atoms with E-state index in [0.717, 1.165) is 0 Å². The molecule has 6 N–H and O–H groups in total. The molecule has 0 aliphatic heterocycles. The molecular weight excluding hydrogens is 700 g/mol. The molecule has 3 aromatic rings. The molecule has 18 heteroatoms. The van der Waals surface area contributed by atoms with Crippen molar-refractivity contribution in [3.8, 4) is 23.8 Å². The van der Waals surface area contributed by atoms with Gasteiger partial charge in [0, 0.05) is 12.1 Å². The Balaban J connectivity index is 0.00000116. The third kappa shape index (κ3) is 17.8. The Hall–Kier alpha value is -5.27. The van der Waals surface area contributed by atoms with Crippen LogP contribution in [0.4, 0.5) is 23.7 Å². The summed E-state index contributed by atoms with van der Waals surface area (Å²) in [6.07, 6.45) is -0.745. The fourth-order valence-corrected chi connectivity index (χ4v) is 5.51. The summed E-state index contributed by atoms with van der Waals surface area (Å²) in [5.41, 5.74) is 6.71. The maximum atomic E-state index is 14.5. The van der Waals surface area contributed by atoms with E-state index in [4.69, 9.17) is 55.5 Å². The number of nitrogens with one attached hydrogen (secondary N) is 3. The highest BCUT2D eigenvalue weighted by Crippen LogP contribution is 2.53. The Labute approximate surface area is 292 Å². The minimum absolute atomic E-state index is 0.0569. The van der Waals surface area contributed by atoms with Crippen molar-refractivity contribution in [2.75, 3.05) is 51.6 Å². The number of ether oxygens (including phenoxy) is 4. The lowest BCUT2D eigenvalue weighted by atomic mass is 10.1. The summed E-state index contributed by atoms with van der Waals surface area (Å²) in [5.74, 6) is -1.16. The standard InChI is InChI=1S/C31H37N4O8P.C2HF3O2/c1-2-17-38-18-19-39-20-21-40-22-23-41-31(36)35-29(24-25-13-15-26(16-14-25)34-30(32)33)44(37,42-27-9-5-3-6-10-27)43-28-11-7-4-8-12-28;3-2(4,5)1(6)7/h1,3-16,29H,17-24H2,(H,35,36)(H4,32,33,34);(H,6,7). The number of guanidine groups is 1. The highest BCUT2D eigenvalue weighted by Gasteiger charge is 2.41. The van der Waals surface area contributed by atoms with Gasteiger partial charge >= 0.3 is 25.8 Å². The second kappa shape index (κ2) is 22.4. The lowest BCUT2D eigenvalue weighted by Crippen LogP contribution is -2.39. The van der Waals surface area contributed by atoms with Crippen LogP contribution in [0.1, 0.15) is 5.56 Å². The number of amides is 1. The van der Waals surface area contributed by atoms with E-state index in [1.54, 1.807) is 84.9 Å². The van der Waals surface area contributed by atoms with Crippen molar-refractivity contribution in [1.29, 1.82) is 5.41 Å². The van der Waals surface area contributed by atoms with Gasteiger partial charge in [-0.2, -0.15) is 13.2 Å². The van der Waals surface area contributed by atoms with Crippen LogP contribution in [-0.2, 0) is 34.7 Å². The SMILES string of the molecule is C#CCOCCOCCOCCOC(=O)NC(Cc1ccc(NC(=N)N)cc1)P(=O)(Oc1ccccc1)Oc1ccccc1.O=C(O)C(F)(F)F. The van der Waals surface area contributed by atoms with Crippen LogP contribution in [0.25, 0.3) is 0 Å². The van der Waals surface area contributed by atoms with Crippen LogP contribution in [0.3, 0.4) is 0 Å². The van der Waals surface area contributed by atoms with E-state index in [1.165, 1.54) is 0 Å². The van der Waals surface area contributed by atoms with Crippen molar-refractivity contribution in [3.63, 3.8) is 0 Å². The summed E-state index contributed by atoms with van der Waals surface area (Å²) in [6, 6.07) is 24.0. The van der Waals surface area contributed by atoms with Crippen molar-refractivity contribution >= 4 is 31.3 Å². The summed E-state index contributed by atoms with van der Waals surface area (Å²) in [4.78, 5) is 21.8. The number of nitrogens with two attached hydrogens (primary N) is 1. The molecule has 1 amide bonds. The molecule has 0 saturated carbocycles. The van der Waals surface area contributed by atoms with Gasteiger partial charge in [0.15, 0.2) is 11.7 Å². The normalized spacial score (nSPS) is 11.5. The van der Waals surface area contributed by atoms with Gasteiger partial charge in [0.05, 0.1) is 33.0 Å². The number of terminal acetylenes is 1. The van der Waals surface area contributed by atoms with Crippen LogP contribution in [0.15, 0.2) is 84.9 Å². The number of para-hydroxylation sites is 2. The van der Waals surface area contributed by atoms with Crippen molar-refractivity contribution < 1.29 is 60.4 Å². The number of aliphatic carboxylic acids is 1. The largest absolute Gasteiger partial charge is 0.490 e. The number of alkyl halides is 3. The quantitative estimate of drug-likeness (QED) is 0.0352. The average molecular weight is 739 g/mol. The number of rotatable bonds is 19. The fourth-order valence-electron chi connectivity index (χ4n) is 3.69. The van der Waals surface area contributed by atoms with Crippen LogP contribution in [0.2, 0.25) is 0 Å². The molecule has 0 heterocycles. The first kappa shape index (κ1) is 41.9. The first-order valence-corrected chi connectivity index (χ1v) is 16.6. The molecule has 3 rings (SSSR count). The number of carboxylic acids is 1. The summed E-state index contributed by atoms with van der Waals surface area (Å²) >= 11 is 0. The van der Waals surface area contributed by atoms with E-state index < -0.39 is 31.6 Å². The molecule has 0 saturated heterocycles. The molecule has 0 radical (unpaired) electrons. The number of hydrogen-bond donors (Lipinski definition) is 5. The maximum absolute atomic E-state index is 14.5. The molecule has 51 heavy (non-hydrogen) atoms. The Morgan fingerprint density at radius 1 is 0.843 bits per heavy atom. The van der Waals surface area contributed by atoms with Gasteiger partial charge in [-0.1, -0.05) is 54.5 Å². The predicted octanol–water partition coefficient (Wildman–Crippen LogP) is 5.25. The van der Waals surface area contributed by atoms with Gasteiger partial charge in [-0.05, 0) is 42.0 Å². The number of alkyl carbamates (subject to hydrolysis) is 1. The van der Waals surface area contributed by atoms with Crippen molar-refractivity contribution in [1.82, 2.24) is 5.32 Å². The predicted molar refractivity (Wildman–Crippen MR) is 181 cm³/mol. The van der Waals surface area contributed by atoms with Gasteiger partial charge < -0.3 is 49.5 Å². The molecule has 0 aliphatic rings. The van der Waals surface area contributed by atoms with Crippen molar-refractivity contribution in [2.45, 2.75) is 18.4 Å². The molecule has 0 bridgehead atoms. The molecule has 1 unspecified atom stereocenters. The first-order valence-electron chi connectivity index (χ1n) is 15.0. The molecule has 3 aromatic carbocycles. The van der Waals surface area contributed by atoms with E-state index >= 15 is 0 Å². The summed E-state index contributed by atoms with van der Waals surface area (Å²) in [5, 5.41) is 19.9. The minimum Gasteiger partial charge on any atom is -0.475 e. The monoisotopic (exact) mass is 738 g/mol. The minimum atomic E-state index is -5.08. The molecule has 14 nitrogen and oxygen atoms in total. The zero-order valence-corrected chi connectivity index (χ0v) is 28.1. The van der Waals surface area contributed by atoms with Crippen LogP contribution in [0.5, 0.6) is 11.5 Å². The Morgan fingerprint density at radius 2 is 1.31 bits per heavy atom. The van der Waals surface area contributed by atoms with Crippen LogP contribution >= 0.6 is 7.60 Å². The molecule has 0 aliphatic carbocycles. The van der Waals surface area contributed by atoms with Gasteiger partial charge in [-0.25, -0.2) is 14.2 Å². The molecule has 0 aromatic heterocycles. The van der Waals surface area contributed by atoms with Gasteiger partial charge in [0.1, 0.15) is 24.7 Å². The van der Waals surface area contributed by atoms with E-state index in [9.17, 15) is 22.5 Å². The van der Waals surface area contributed by atoms with E-state index in [-0.39, 0.29) is 32.2 Å². The number of hydrogen-bond acceptors (Lipinski definition) is 10. The van der Waals surface area contributed by atoms with Gasteiger partial charge in [-0.15, -0.1) is 6.42 Å². The first-order chi connectivity index (χ1) is 24.3. The summed E-state index contributed by atoms with van der Waals surface area (Å²) in [7, 11) is -4.15. The number of benzene rings is 3. The van der Waals surface area contributed by atoms with E-state index in [2.05, 4.69) is 16.6 Å². The Morgan fingerprint density at radius 3 is 1.76 bits per heavy atom. The van der Waals surface area contributed by atoms with Gasteiger partial charge in [-0.3, -0.25) is 5.41 Å². The van der Waals surface area contributed by atoms with Gasteiger partial charge in [0.25, 0.3) is 0 Å². The number of halogens is 3. The zero-order chi connectivity index (χ0) is 37.5. The van der Waals surface area contributed by atoms with Crippen LogP contribution < -0.4 is 25.4 Å². The third-order valence-corrected chi connectivity index (χ3v) is 7.92. The third-order valence-electron chi connectivity index (χ3n) is 5.91. The second-order valence-corrected chi connectivity index (χ2v) is 11.9. The fraction of sp³-hybridized carbons (Fsp3) is 0.303. The molecule has 1 atom stereocenters. The van der Waals surface area contributed by atoms with Crippen LogP contribution in [-0.4, -0.2) is 81.3 Å². The number of carbonyl (C=O) groups excluding carboxylic acids is 1. The van der Waals surface area contributed by atoms with E-state index in [1.807, 2.05) is 0 Å². The molecule has 0 fully saturated rings. The van der Waals surface area contributed by atoms with Gasteiger partial charge in [0.2, 0.25) is 0 Å². The lowest BCUT2D eigenvalue weighted by molar-refractivity contribution is -0.192. The molecular formula is C33H38F3N4O10P. The number of carboxylic acid groups (broad SMARTS) is 1. The number of anilines is 1. The summed E-state index contributed by atoms with van der Waals surface area (Å²) < 4.78 is 79.4. The Kier molecular flexibility index (Phi) is 18.4. The lowest BCUT2D eigenvalue weighted by Gasteiger charge is -2.28. The topological polar surface area (TPSA) is 201 Å². The zero-order valence-electron chi connectivity index (χ0n) is 27.2. The number of carbonyl (C=O) groups is 2. The second-order valence-electron chi connectivity index (χ2n) is 9.87. The average Bonchev–Trinajstić information content (AvgIpc) is 3.08. The van der Waals surface area contributed by atoms with Crippen LogP contribution in [0, 0.1) is 17.8 Å². The van der Waals surface area contributed by atoms with Crippen molar-refractivity contribution in [3.05, 3.63) is 90.5 Å². The molecule has 0 spiro atoms. The summed E-state index contributed by atoms with van der Waals surface area (Å²) in [6.45, 7) is 1.71. The maximum Gasteiger partial charge on any atom is 0.490 e. The smallest absolute Gasteiger partial charge is 0.475 e. The van der Waals surface area contributed by atoms with E-state index in [0.29, 0.717) is 49.2 Å². The van der Waals surface area contributed by atoms with Crippen molar-refractivity contribution in [2.24, 2.45) is 5.73 Å². The Bertz CT molecular complexity index is 1530. The highest BCUT2D eigenvalue weighted by molar-refractivity contribution is 7.55. The highest BCUT2D eigenvalue weighted by atomic mass is 31.2.